The van der Waals surface area contributed by atoms with Crippen LogP contribution in [0.4, 0.5) is 5.69 Å². The summed E-state index contributed by atoms with van der Waals surface area (Å²) in [4.78, 5) is 10.3. The summed E-state index contributed by atoms with van der Waals surface area (Å²) < 4.78 is 1.11. The Morgan fingerprint density at radius 1 is 1.25 bits per heavy atom. The summed E-state index contributed by atoms with van der Waals surface area (Å²) >= 11 is 2.20. The number of non-ortho nitro benzene ring substituents is 1. The number of nitriles is 1. The molecule has 5 heteroatoms. The molecule has 98 valence electrons. The number of rotatable bonds is 3. The fourth-order valence-corrected chi connectivity index (χ4v) is 2.05. The molecule has 0 radical (unpaired) electrons. The molecule has 0 heterocycles. The van der Waals surface area contributed by atoms with Gasteiger partial charge in [-0.3, -0.25) is 10.1 Å². The van der Waals surface area contributed by atoms with E-state index in [1.807, 2.05) is 24.3 Å². The van der Waals surface area contributed by atoms with E-state index in [4.69, 9.17) is 0 Å². The smallest absolute Gasteiger partial charge is 0.258 e. The van der Waals surface area contributed by atoms with Gasteiger partial charge in [0, 0.05) is 15.7 Å². The Hall–Kier alpha value is -2.20. The third-order valence-electron chi connectivity index (χ3n) is 2.67. The molecule has 2 aromatic rings. The molecule has 0 bridgehead atoms. The van der Waals surface area contributed by atoms with Crippen LogP contribution in [0, 0.1) is 25.0 Å². The maximum Gasteiger partial charge on any atom is 0.270 e. The van der Waals surface area contributed by atoms with Gasteiger partial charge < -0.3 is 0 Å². The molecule has 0 amide bonds. The SMILES string of the molecule is N#C/C(=C/c1ccc(I)cc1)c1cccc([N+](=O)[O-])c1. The molecular weight excluding hydrogens is 367 g/mol. The first kappa shape index (κ1) is 14.2. The van der Waals surface area contributed by atoms with Crippen LogP contribution in [-0.2, 0) is 0 Å². The maximum atomic E-state index is 10.8. The molecule has 0 aliphatic heterocycles. The van der Waals surface area contributed by atoms with Crippen molar-refractivity contribution in [3.05, 3.63) is 73.3 Å². The molecule has 0 fully saturated rings. The monoisotopic (exact) mass is 376 g/mol. The van der Waals surface area contributed by atoms with Gasteiger partial charge in [0.1, 0.15) is 0 Å². The van der Waals surface area contributed by atoms with Gasteiger partial charge in [0.05, 0.1) is 16.6 Å². The van der Waals surface area contributed by atoms with Gasteiger partial charge in [-0.05, 0) is 51.9 Å². The summed E-state index contributed by atoms with van der Waals surface area (Å²) in [7, 11) is 0. The van der Waals surface area contributed by atoms with E-state index in [0.29, 0.717) is 11.1 Å². The first-order valence-electron chi connectivity index (χ1n) is 5.72. The van der Waals surface area contributed by atoms with Crippen molar-refractivity contribution < 1.29 is 4.92 Å². The lowest BCUT2D eigenvalue weighted by atomic mass is 10.0. The lowest BCUT2D eigenvalue weighted by Gasteiger charge is -2.00. The molecule has 0 aromatic heterocycles. The molecule has 0 unspecified atom stereocenters. The van der Waals surface area contributed by atoms with Crippen molar-refractivity contribution in [2.45, 2.75) is 0 Å². The number of benzene rings is 2. The molecule has 4 nitrogen and oxygen atoms in total. The van der Waals surface area contributed by atoms with E-state index in [-0.39, 0.29) is 5.69 Å². The van der Waals surface area contributed by atoms with E-state index in [1.54, 1.807) is 18.2 Å². The van der Waals surface area contributed by atoms with Crippen molar-refractivity contribution in [3.63, 3.8) is 0 Å². The highest BCUT2D eigenvalue weighted by atomic mass is 127. The second kappa shape index (κ2) is 6.30. The van der Waals surface area contributed by atoms with Gasteiger partial charge in [0.25, 0.3) is 5.69 Å². The van der Waals surface area contributed by atoms with Gasteiger partial charge >= 0.3 is 0 Å². The predicted octanol–water partition coefficient (Wildman–Crippen LogP) is 4.26. The number of nitro groups is 1. The molecular formula is C15H9IN2O2. The molecule has 0 N–H and O–H groups in total. The molecule has 0 saturated carbocycles. The van der Waals surface area contributed by atoms with Gasteiger partial charge in [-0.1, -0.05) is 24.3 Å². The van der Waals surface area contributed by atoms with Crippen LogP contribution in [0.25, 0.3) is 11.6 Å². The van der Waals surface area contributed by atoms with Crippen LogP contribution in [0.5, 0.6) is 0 Å². The first-order chi connectivity index (χ1) is 9.60. The Kier molecular flexibility index (Phi) is 4.48. The number of hydrogen-bond acceptors (Lipinski definition) is 3. The summed E-state index contributed by atoms with van der Waals surface area (Å²) in [5.74, 6) is 0. The quantitative estimate of drug-likeness (QED) is 0.264. The van der Waals surface area contributed by atoms with Crippen LogP contribution in [0.15, 0.2) is 48.5 Å². The highest BCUT2D eigenvalue weighted by molar-refractivity contribution is 14.1. The summed E-state index contributed by atoms with van der Waals surface area (Å²) in [6, 6.07) is 15.8. The lowest BCUT2D eigenvalue weighted by molar-refractivity contribution is -0.384. The van der Waals surface area contributed by atoms with E-state index in [9.17, 15) is 15.4 Å². The van der Waals surface area contributed by atoms with Gasteiger partial charge in [0.2, 0.25) is 0 Å². The van der Waals surface area contributed by atoms with E-state index in [0.717, 1.165) is 9.13 Å². The van der Waals surface area contributed by atoms with Crippen molar-refractivity contribution in [2.75, 3.05) is 0 Å². The second-order valence-corrected chi connectivity index (χ2v) is 5.27. The molecule has 0 spiro atoms. The molecule has 2 aromatic carbocycles. The zero-order valence-corrected chi connectivity index (χ0v) is 12.4. The molecule has 2 rings (SSSR count). The normalized spacial score (nSPS) is 10.9. The van der Waals surface area contributed by atoms with Crippen molar-refractivity contribution in [1.29, 1.82) is 5.26 Å². The van der Waals surface area contributed by atoms with Crippen LogP contribution in [0.2, 0.25) is 0 Å². The predicted molar refractivity (Wildman–Crippen MR) is 85.7 cm³/mol. The maximum absolute atomic E-state index is 10.8. The zero-order valence-electron chi connectivity index (χ0n) is 10.3. The van der Waals surface area contributed by atoms with Gasteiger partial charge in [-0.15, -0.1) is 0 Å². The molecule has 0 saturated heterocycles. The van der Waals surface area contributed by atoms with E-state index in [2.05, 4.69) is 28.7 Å². The van der Waals surface area contributed by atoms with Gasteiger partial charge in [-0.2, -0.15) is 5.26 Å². The number of halogens is 1. The highest BCUT2D eigenvalue weighted by Gasteiger charge is 2.08. The topological polar surface area (TPSA) is 66.9 Å². The summed E-state index contributed by atoms with van der Waals surface area (Å²) in [5, 5.41) is 20.0. The molecule has 0 atom stereocenters. The Morgan fingerprint density at radius 2 is 1.95 bits per heavy atom. The fraction of sp³-hybridized carbons (Fsp3) is 0. The third kappa shape index (κ3) is 3.42. The summed E-state index contributed by atoms with van der Waals surface area (Å²) in [5.41, 5.74) is 1.80. The standard InChI is InChI=1S/C15H9IN2O2/c16-14-6-4-11(5-7-14)8-13(10-17)12-2-1-3-15(9-12)18(19)20/h1-9H/b13-8-. The Bertz CT molecular complexity index is 715. The second-order valence-electron chi connectivity index (χ2n) is 4.03. The van der Waals surface area contributed by atoms with Crippen LogP contribution < -0.4 is 0 Å². The number of nitro benzene ring substituents is 1. The third-order valence-corrected chi connectivity index (χ3v) is 3.39. The van der Waals surface area contributed by atoms with E-state index in [1.165, 1.54) is 12.1 Å². The molecule has 0 aliphatic carbocycles. The average Bonchev–Trinajstić information content (AvgIpc) is 2.46. The van der Waals surface area contributed by atoms with E-state index >= 15 is 0 Å². The number of allylic oxidation sites excluding steroid dienone is 1. The van der Waals surface area contributed by atoms with Crippen molar-refractivity contribution in [1.82, 2.24) is 0 Å². The first-order valence-corrected chi connectivity index (χ1v) is 6.80. The van der Waals surface area contributed by atoms with Crippen LogP contribution in [0.1, 0.15) is 11.1 Å². The Balaban J connectivity index is 2.42. The minimum atomic E-state index is -0.469. The van der Waals surface area contributed by atoms with Gasteiger partial charge in [-0.25, -0.2) is 0 Å². The average molecular weight is 376 g/mol. The summed E-state index contributed by atoms with van der Waals surface area (Å²) in [6.45, 7) is 0. The largest absolute Gasteiger partial charge is 0.270 e. The molecule has 0 aliphatic rings. The minimum Gasteiger partial charge on any atom is -0.258 e. The van der Waals surface area contributed by atoms with Crippen LogP contribution in [0.3, 0.4) is 0 Å². The highest BCUT2D eigenvalue weighted by Crippen LogP contribution is 2.22. The number of nitrogens with zero attached hydrogens (tertiary/aromatic N) is 2. The summed E-state index contributed by atoms with van der Waals surface area (Å²) in [6.07, 6.45) is 1.72. The fourth-order valence-electron chi connectivity index (χ4n) is 1.69. The minimum absolute atomic E-state index is 0.0220. The van der Waals surface area contributed by atoms with E-state index < -0.39 is 4.92 Å². The van der Waals surface area contributed by atoms with Gasteiger partial charge in [0.15, 0.2) is 0 Å². The van der Waals surface area contributed by atoms with Crippen LogP contribution >= 0.6 is 22.6 Å². The lowest BCUT2D eigenvalue weighted by Crippen LogP contribution is -1.89. The Labute approximate surface area is 129 Å². The van der Waals surface area contributed by atoms with Crippen molar-refractivity contribution >= 4 is 39.9 Å². The molecule has 20 heavy (non-hydrogen) atoms. The van der Waals surface area contributed by atoms with Crippen molar-refractivity contribution in [3.8, 4) is 6.07 Å². The Morgan fingerprint density at radius 3 is 2.55 bits per heavy atom. The van der Waals surface area contributed by atoms with Crippen molar-refractivity contribution in [2.24, 2.45) is 0 Å². The zero-order chi connectivity index (χ0) is 14.5. The number of hydrogen-bond donors (Lipinski definition) is 0. The van der Waals surface area contributed by atoms with Crippen LogP contribution in [-0.4, -0.2) is 4.92 Å².